The third-order valence-electron chi connectivity index (χ3n) is 5.09. The van der Waals surface area contributed by atoms with E-state index in [1.165, 1.54) is 30.3 Å². The highest BCUT2D eigenvalue weighted by molar-refractivity contribution is 7.73. The van der Waals surface area contributed by atoms with E-state index in [9.17, 15) is 26.6 Å². The molecule has 0 bridgehead atoms. The number of halogens is 5. The van der Waals surface area contributed by atoms with Gasteiger partial charge in [0.05, 0.1) is 22.9 Å². The van der Waals surface area contributed by atoms with Crippen LogP contribution in [-0.4, -0.2) is 31.1 Å². The Bertz CT molecular complexity index is 1360. The molecule has 0 spiro atoms. The second-order valence-electron chi connectivity index (χ2n) is 7.80. The molecule has 3 rings (SSSR count). The molecule has 1 aromatic heterocycles. The second-order valence-corrected chi connectivity index (χ2v) is 9.21. The van der Waals surface area contributed by atoms with Crippen molar-refractivity contribution in [3.8, 4) is 5.75 Å². The van der Waals surface area contributed by atoms with Crippen LogP contribution in [0.15, 0.2) is 53.4 Å². The number of nitrogens with one attached hydrogen (secondary N) is 3. The third-order valence-corrected chi connectivity index (χ3v) is 6.06. The monoisotopic (exact) mass is 557 g/mol. The molecule has 13 heteroatoms. The molecule has 37 heavy (non-hydrogen) atoms. The van der Waals surface area contributed by atoms with Crippen LogP contribution in [0.3, 0.4) is 0 Å². The molecular weight excluding hydrogens is 536 g/mol. The van der Waals surface area contributed by atoms with Crippen molar-refractivity contribution in [2.75, 3.05) is 25.5 Å². The summed E-state index contributed by atoms with van der Waals surface area (Å²) in [6, 6.07) is 10.1. The van der Waals surface area contributed by atoms with Gasteiger partial charge in [-0.2, -0.15) is 23.8 Å². The second kappa shape index (κ2) is 12.3. The Kier molecular flexibility index (Phi) is 9.46. The Morgan fingerprint density at radius 2 is 1.95 bits per heavy atom. The van der Waals surface area contributed by atoms with Crippen LogP contribution >= 0.6 is 11.6 Å². The Balaban J connectivity index is 2.02. The van der Waals surface area contributed by atoms with E-state index in [2.05, 4.69) is 15.6 Å². The summed E-state index contributed by atoms with van der Waals surface area (Å²) in [6.07, 6.45) is -4.58. The summed E-state index contributed by atoms with van der Waals surface area (Å²) in [6.45, 7) is 0.859. The van der Waals surface area contributed by atoms with Crippen molar-refractivity contribution in [3.05, 3.63) is 81.9 Å². The SMILES string of the molecule is CNCCCOc1cc(F)ccc1Cc1nc(C(F)(F)F)c(Cl)cc1C(=O)Nc1cccc([S-](=N)=O)c1. The van der Waals surface area contributed by atoms with Crippen LogP contribution < -0.4 is 15.4 Å². The van der Waals surface area contributed by atoms with E-state index in [1.54, 1.807) is 7.05 Å². The van der Waals surface area contributed by atoms with Crippen molar-refractivity contribution in [2.24, 2.45) is 0 Å². The summed E-state index contributed by atoms with van der Waals surface area (Å²) in [5, 5.41) is 4.67. The minimum atomic E-state index is -4.89. The zero-order valence-electron chi connectivity index (χ0n) is 19.4. The lowest BCUT2D eigenvalue weighted by molar-refractivity contribution is -0.141. The first-order valence-corrected chi connectivity index (χ1v) is 12.4. The Labute approximate surface area is 217 Å². The number of nitrogens with zero attached hydrogens (tertiary/aromatic N) is 1. The van der Waals surface area contributed by atoms with E-state index >= 15 is 0 Å². The van der Waals surface area contributed by atoms with Gasteiger partial charge in [-0.05, 0) is 38.2 Å². The fourth-order valence-corrected chi connectivity index (χ4v) is 4.06. The van der Waals surface area contributed by atoms with Gasteiger partial charge in [-0.15, -0.1) is 0 Å². The number of rotatable bonds is 10. The first-order chi connectivity index (χ1) is 17.5. The van der Waals surface area contributed by atoms with Crippen molar-refractivity contribution in [3.63, 3.8) is 0 Å². The van der Waals surface area contributed by atoms with Crippen LogP contribution in [-0.2, 0) is 27.4 Å². The standard InChI is InChI=1S/C24H22ClF4N4O3S/c1-31-8-3-9-36-21-11-15(26)7-6-14(21)10-20-18(13-19(25)22(33-20)24(27,28)29)23(34)32-16-4-2-5-17(12-16)37(30)35/h2,4-7,11-13,30-31H,3,8-10H2,1H3,(H,32,34)/q-1. The highest BCUT2D eigenvalue weighted by atomic mass is 35.5. The summed E-state index contributed by atoms with van der Waals surface area (Å²) >= 11 is 5.85. The number of amides is 1. The molecule has 7 nitrogen and oxygen atoms in total. The maximum Gasteiger partial charge on any atom is 0.434 e. The predicted molar refractivity (Wildman–Crippen MR) is 131 cm³/mol. The molecule has 0 saturated heterocycles. The number of anilines is 1. The van der Waals surface area contributed by atoms with Gasteiger partial charge in [0.2, 0.25) is 0 Å². The van der Waals surface area contributed by atoms with Crippen LogP contribution in [0.4, 0.5) is 23.2 Å². The zero-order chi connectivity index (χ0) is 27.2. The van der Waals surface area contributed by atoms with Gasteiger partial charge in [0.25, 0.3) is 5.91 Å². The molecule has 0 unspecified atom stereocenters. The number of carbonyl (C=O) groups is 1. The largest absolute Gasteiger partial charge is 0.493 e. The molecule has 2 aromatic carbocycles. The van der Waals surface area contributed by atoms with Crippen molar-refractivity contribution >= 4 is 33.8 Å². The van der Waals surface area contributed by atoms with E-state index in [-0.39, 0.29) is 40.6 Å². The third kappa shape index (κ3) is 7.63. The van der Waals surface area contributed by atoms with E-state index in [0.29, 0.717) is 18.5 Å². The molecule has 0 fully saturated rings. The fourth-order valence-electron chi connectivity index (χ4n) is 3.36. The lowest BCUT2D eigenvalue weighted by Crippen LogP contribution is -2.19. The van der Waals surface area contributed by atoms with Crippen LogP contribution in [0, 0.1) is 10.6 Å². The highest BCUT2D eigenvalue weighted by Crippen LogP contribution is 2.35. The van der Waals surface area contributed by atoms with Crippen molar-refractivity contribution in [1.82, 2.24) is 10.3 Å². The smallest absolute Gasteiger partial charge is 0.434 e. The summed E-state index contributed by atoms with van der Waals surface area (Å²) in [5.74, 6) is -1.32. The first kappa shape index (κ1) is 28.4. The van der Waals surface area contributed by atoms with Gasteiger partial charge in [0.1, 0.15) is 11.6 Å². The first-order valence-electron chi connectivity index (χ1n) is 10.9. The highest BCUT2D eigenvalue weighted by Gasteiger charge is 2.36. The van der Waals surface area contributed by atoms with Gasteiger partial charge < -0.3 is 24.4 Å². The number of aromatic nitrogens is 1. The summed E-state index contributed by atoms with van der Waals surface area (Å²) in [4.78, 5) is 16.9. The fraction of sp³-hybridized carbons (Fsp3) is 0.250. The van der Waals surface area contributed by atoms with Gasteiger partial charge in [-0.3, -0.25) is 4.79 Å². The number of hydrogen-bond donors (Lipinski definition) is 3. The maximum absolute atomic E-state index is 13.9. The Morgan fingerprint density at radius 3 is 2.62 bits per heavy atom. The Hall–Kier alpha value is -3.22. The molecular formula is C24H22ClF4N4O3S-. The molecule has 0 aliphatic heterocycles. The zero-order valence-corrected chi connectivity index (χ0v) is 21.0. The topological polar surface area (TPSA) is 104 Å². The van der Waals surface area contributed by atoms with Crippen LogP contribution in [0.25, 0.3) is 0 Å². The van der Waals surface area contributed by atoms with E-state index < -0.39 is 39.2 Å². The molecule has 3 N–H and O–H groups in total. The van der Waals surface area contributed by atoms with Crippen molar-refractivity contribution < 1.29 is 31.3 Å². The van der Waals surface area contributed by atoms with Gasteiger partial charge in [0.15, 0.2) is 5.69 Å². The molecule has 0 saturated carbocycles. The molecule has 0 atom stereocenters. The summed E-state index contributed by atoms with van der Waals surface area (Å²) in [7, 11) is -0.306. The maximum atomic E-state index is 13.9. The average Bonchev–Trinajstić information content (AvgIpc) is 2.83. The van der Waals surface area contributed by atoms with Gasteiger partial charge in [-0.25, -0.2) is 9.37 Å². The van der Waals surface area contributed by atoms with Crippen LogP contribution in [0.2, 0.25) is 5.02 Å². The average molecular weight is 558 g/mol. The quantitative estimate of drug-likeness (QED) is 0.166. The summed E-state index contributed by atoms with van der Waals surface area (Å²) in [5.41, 5.74) is -1.40. The lowest BCUT2D eigenvalue weighted by atomic mass is 10.0. The Morgan fingerprint density at radius 1 is 1.19 bits per heavy atom. The van der Waals surface area contributed by atoms with Crippen molar-refractivity contribution in [1.29, 1.82) is 4.78 Å². The van der Waals surface area contributed by atoms with Crippen LogP contribution in [0.5, 0.6) is 5.75 Å². The number of hydrogen-bond acceptors (Lipinski definition) is 7. The van der Waals surface area contributed by atoms with Gasteiger partial charge in [0, 0.05) is 23.7 Å². The normalized spacial score (nSPS) is 11.5. The number of carbonyl (C=O) groups excluding carboxylic acids is 1. The number of pyridine rings is 1. The molecule has 0 aliphatic carbocycles. The molecule has 198 valence electrons. The molecule has 1 amide bonds. The minimum absolute atomic E-state index is 0.110. The predicted octanol–water partition coefficient (Wildman–Crippen LogP) is 5.81. The van der Waals surface area contributed by atoms with E-state index in [4.69, 9.17) is 21.1 Å². The number of ether oxygens (including phenoxy) is 1. The minimum Gasteiger partial charge on any atom is -0.493 e. The molecule has 0 radical (unpaired) electrons. The number of alkyl halides is 3. The lowest BCUT2D eigenvalue weighted by Gasteiger charge is -2.17. The summed E-state index contributed by atoms with van der Waals surface area (Å²) < 4.78 is 79.0. The van der Waals surface area contributed by atoms with E-state index in [0.717, 1.165) is 18.2 Å². The van der Waals surface area contributed by atoms with Crippen LogP contribution in [0.1, 0.15) is 33.7 Å². The van der Waals surface area contributed by atoms with E-state index in [1.807, 2.05) is 0 Å². The molecule has 3 aromatic rings. The molecule has 0 aliphatic rings. The number of benzene rings is 2. The van der Waals surface area contributed by atoms with Crippen molar-refractivity contribution in [2.45, 2.75) is 23.9 Å². The van der Waals surface area contributed by atoms with Gasteiger partial charge in [-0.1, -0.05) is 40.8 Å². The molecule has 1 heterocycles. The van der Waals surface area contributed by atoms with Gasteiger partial charge >= 0.3 is 6.18 Å².